The number of aromatic nitrogens is 3. The van der Waals surface area contributed by atoms with Gasteiger partial charge >= 0.3 is 5.97 Å². The van der Waals surface area contributed by atoms with Gasteiger partial charge in [-0.15, -0.1) is 0 Å². The second kappa shape index (κ2) is 3.73. The van der Waals surface area contributed by atoms with Gasteiger partial charge in [0.15, 0.2) is 16.6 Å². The normalized spacial score (nSPS) is 11.7. The van der Waals surface area contributed by atoms with E-state index in [1.807, 2.05) is 0 Å². The Balaban J connectivity index is 2.54. The van der Waals surface area contributed by atoms with E-state index in [1.54, 1.807) is 20.8 Å². The quantitative estimate of drug-likeness (QED) is 0.747. The molecular formula is C11H13N3O3. The summed E-state index contributed by atoms with van der Waals surface area (Å²) in [5, 5.41) is 2.76. The fourth-order valence-electron chi connectivity index (χ4n) is 1.43. The van der Waals surface area contributed by atoms with Crippen molar-refractivity contribution in [1.82, 2.24) is 14.6 Å². The van der Waals surface area contributed by atoms with E-state index in [4.69, 9.17) is 4.74 Å². The van der Waals surface area contributed by atoms with Crippen LogP contribution in [0, 0.1) is 0 Å². The molecule has 0 aliphatic carbocycles. The summed E-state index contributed by atoms with van der Waals surface area (Å²) in [6.45, 7) is 5.23. The molecule has 0 radical (unpaired) electrons. The summed E-state index contributed by atoms with van der Waals surface area (Å²) in [6.07, 6.45) is 2.92. The van der Waals surface area contributed by atoms with Crippen LogP contribution in [0.2, 0.25) is 0 Å². The van der Waals surface area contributed by atoms with Crippen molar-refractivity contribution < 1.29 is 9.53 Å². The third kappa shape index (κ3) is 2.20. The largest absolute Gasteiger partial charge is 0.456 e. The van der Waals surface area contributed by atoms with Gasteiger partial charge in [0.2, 0.25) is 0 Å². The Hall–Kier alpha value is -2.11. The molecule has 0 fully saturated rings. The van der Waals surface area contributed by atoms with Gasteiger partial charge in [-0.05, 0) is 20.8 Å². The first-order valence-corrected chi connectivity index (χ1v) is 5.16. The van der Waals surface area contributed by atoms with E-state index < -0.39 is 17.0 Å². The van der Waals surface area contributed by atoms with Crippen molar-refractivity contribution in [2.45, 2.75) is 26.4 Å². The molecule has 2 aromatic heterocycles. The minimum Gasteiger partial charge on any atom is -0.456 e. The zero-order valence-corrected chi connectivity index (χ0v) is 9.85. The predicted molar refractivity (Wildman–Crippen MR) is 61.0 cm³/mol. The Morgan fingerprint density at radius 2 is 2.18 bits per heavy atom. The summed E-state index contributed by atoms with van der Waals surface area (Å²) in [4.78, 5) is 27.5. The second-order valence-corrected chi connectivity index (χ2v) is 4.64. The van der Waals surface area contributed by atoms with Crippen LogP contribution in [0.15, 0.2) is 23.4 Å². The molecule has 0 saturated carbocycles. The van der Waals surface area contributed by atoms with Gasteiger partial charge in [-0.3, -0.25) is 9.89 Å². The molecule has 90 valence electrons. The van der Waals surface area contributed by atoms with E-state index in [9.17, 15) is 9.59 Å². The number of nitrogens with zero attached hydrogens (tertiary/aromatic N) is 2. The Bertz CT molecular complexity index is 619. The number of ether oxygens (including phenoxy) is 1. The zero-order valence-electron chi connectivity index (χ0n) is 9.85. The molecule has 0 bridgehead atoms. The maximum Gasteiger partial charge on any atom is 0.346 e. The molecular weight excluding hydrogens is 222 g/mol. The molecule has 0 aliphatic heterocycles. The number of hydrogen-bond acceptors (Lipinski definition) is 4. The highest BCUT2D eigenvalue weighted by Gasteiger charge is 2.23. The number of hydrogen-bond donors (Lipinski definition) is 1. The van der Waals surface area contributed by atoms with Gasteiger partial charge in [0.25, 0.3) is 0 Å². The molecule has 6 nitrogen and oxygen atoms in total. The van der Waals surface area contributed by atoms with Gasteiger partial charge in [-0.25, -0.2) is 14.3 Å². The van der Waals surface area contributed by atoms with Gasteiger partial charge in [0.05, 0.1) is 0 Å². The maximum atomic E-state index is 11.9. The molecule has 2 aromatic rings. The van der Waals surface area contributed by atoms with E-state index in [0.717, 1.165) is 0 Å². The van der Waals surface area contributed by atoms with Crippen LogP contribution >= 0.6 is 0 Å². The van der Waals surface area contributed by atoms with E-state index in [1.165, 1.54) is 23.1 Å². The second-order valence-electron chi connectivity index (χ2n) is 4.64. The number of carbonyl (C=O) groups is 1. The third-order valence-electron chi connectivity index (χ3n) is 2.06. The lowest BCUT2D eigenvalue weighted by Crippen LogP contribution is -2.28. The molecule has 2 rings (SSSR count). The van der Waals surface area contributed by atoms with Gasteiger partial charge in [-0.2, -0.15) is 0 Å². The Morgan fingerprint density at radius 3 is 2.82 bits per heavy atom. The van der Waals surface area contributed by atoms with Crippen molar-refractivity contribution in [3.63, 3.8) is 0 Å². The summed E-state index contributed by atoms with van der Waals surface area (Å²) in [6, 6.07) is 1.30. The number of esters is 1. The fraction of sp³-hybridized carbons (Fsp3) is 0.364. The van der Waals surface area contributed by atoms with Gasteiger partial charge in [0, 0.05) is 12.3 Å². The third-order valence-corrected chi connectivity index (χ3v) is 2.06. The average Bonchev–Trinajstić information content (AvgIpc) is 2.61. The minimum atomic E-state index is -0.660. The first-order valence-electron chi connectivity index (χ1n) is 5.16. The summed E-state index contributed by atoms with van der Waals surface area (Å²) >= 11 is 0. The number of aromatic amines is 1. The summed E-state index contributed by atoms with van der Waals surface area (Å²) < 4.78 is 6.66. The summed E-state index contributed by atoms with van der Waals surface area (Å²) in [5.74, 6) is -0.660. The first kappa shape index (κ1) is 11.4. The van der Waals surface area contributed by atoms with E-state index in [-0.39, 0.29) is 11.2 Å². The van der Waals surface area contributed by atoms with E-state index in [2.05, 4.69) is 10.1 Å². The number of H-pyrrole nitrogens is 1. The predicted octanol–water partition coefficient (Wildman–Crippen LogP) is 0.978. The van der Waals surface area contributed by atoms with Gasteiger partial charge < -0.3 is 4.74 Å². The van der Waals surface area contributed by atoms with Crippen molar-refractivity contribution in [2.24, 2.45) is 0 Å². The molecule has 6 heteroatoms. The van der Waals surface area contributed by atoms with Crippen LogP contribution in [0.3, 0.4) is 0 Å². The number of rotatable bonds is 1. The number of fused-ring (bicyclic) bond motifs is 1. The molecule has 1 N–H and O–H groups in total. The molecule has 0 aliphatic rings. The van der Waals surface area contributed by atoms with Crippen molar-refractivity contribution in [2.75, 3.05) is 0 Å². The fourth-order valence-corrected chi connectivity index (χ4v) is 1.43. The van der Waals surface area contributed by atoms with Crippen LogP contribution in [-0.4, -0.2) is 26.2 Å². The van der Waals surface area contributed by atoms with Crippen LogP contribution in [0.4, 0.5) is 0 Å². The lowest BCUT2D eigenvalue weighted by molar-refractivity contribution is 0.00697. The van der Waals surface area contributed by atoms with Crippen molar-refractivity contribution in [1.29, 1.82) is 0 Å². The Labute approximate surface area is 97.2 Å². The van der Waals surface area contributed by atoms with Crippen molar-refractivity contribution in [3.8, 4) is 0 Å². The molecule has 0 atom stereocenters. The smallest absolute Gasteiger partial charge is 0.346 e. The zero-order chi connectivity index (χ0) is 12.6. The van der Waals surface area contributed by atoms with Crippen molar-refractivity contribution >= 4 is 11.6 Å². The highest BCUT2D eigenvalue weighted by Crippen LogP contribution is 2.12. The van der Waals surface area contributed by atoms with Crippen LogP contribution in [0.25, 0.3) is 5.65 Å². The molecule has 0 saturated heterocycles. The molecule has 0 spiro atoms. The lowest BCUT2D eigenvalue weighted by atomic mass is 10.2. The monoisotopic (exact) mass is 235 g/mol. The van der Waals surface area contributed by atoms with Gasteiger partial charge in [0.1, 0.15) is 11.9 Å². The van der Waals surface area contributed by atoms with Crippen LogP contribution < -0.4 is 5.43 Å². The SMILES string of the molecule is CC(C)(C)OC(=O)c1c(=O)ccn2[nH]cnc12. The molecule has 0 unspecified atom stereocenters. The molecule has 0 amide bonds. The highest BCUT2D eigenvalue weighted by molar-refractivity contribution is 5.95. The number of carbonyl (C=O) groups excluding carboxylic acids is 1. The Kier molecular flexibility index (Phi) is 2.49. The van der Waals surface area contributed by atoms with E-state index in [0.29, 0.717) is 0 Å². The van der Waals surface area contributed by atoms with Crippen LogP contribution in [0.1, 0.15) is 31.1 Å². The van der Waals surface area contributed by atoms with Crippen LogP contribution in [0.5, 0.6) is 0 Å². The standard InChI is InChI=1S/C11H13N3O3/c1-11(2,3)17-10(16)8-7(15)4-5-14-9(8)12-6-13-14/h4-6H,1-3H3,(H,12,13). The first-order chi connectivity index (χ1) is 7.88. The van der Waals surface area contributed by atoms with Gasteiger partial charge in [-0.1, -0.05) is 0 Å². The van der Waals surface area contributed by atoms with Crippen molar-refractivity contribution in [3.05, 3.63) is 34.4 Å². The topological polar surface area (TPSA) is 76.5 Å². The Morgan fingerprint density at radius 1 is 1.47 bits per heavy atom. The summed E-state index contributed by atoms with van der Waals surface area (Å²) in [5.41, 5.74) is -0.825. The number of pyridine rings is 1. The molecule has 17 heavy (non-hydrogen) atoms. The number of nitrogens with one attached hydrogen (secondary N) is 1. The summed E-state index contributed by atoms with van der Waals surface area (Å²) in [7, 11) is 0. The van der Waals surface area contributed by atoms with Crippen LogP contribution in [-0.2, 0) is 4.74 Å². The lowest BCUT2D eigenvalue weighted by Gasteiger charge is -2.19. The van der Waals surface area contributed by atoms with E-state index >= 15 is 0 Å². The maximum absolute atomic E-state index is 11.9. The highest BCUT2D eigenvalue weighted by atomic mass is 16.6. The molecule has 2 heterocycles. The molecule has 0 aromatic carbocycles. The average molecular weight is 235 g/mol. The minimum absolute atomic E-state index is 0.0522.